The molecule has 0 aromatic heterocycles. The van der Waals surface area contributed by atoms with Crippen LogP contribution >= 0.6 is 0 Å². The molecule has 2 aliphatic rings. The monoisotopic (exact) mass is 226 g/mol. The van der Waals surface area contributed by atoms with Crippen molar-refractivity contribution < 1.29 is 14.7 Å². The summed E-state index contributed by atoms with van der Waals surface area (Å²) in [6.45, 7) is 2.62. The first-order chi connectivity index (χ1) is 7.68. The molecule has 90 valence electrons. The molecular weight excluding hydrogens is 208 g/mol. The molecule has 0 bridgehead atoms. The van der Waals surface area contributed by atoms with Crippen LogP contribution in [0.2, 0.25) is 0 Å². The van der Waals surface area contributed by atoms with E-state index in [2.05, 4.69) is 0 Å². The van der Waals surface area contributed by atoms with E-state index >= 15 is 0 Å². The zero-order valence-corrected chi connectivity index (χ0v) is 9.39. The third-order valence-electron chi connectivity index (χ3n) is 3.43. The number of carboxylic acid groups (broad SMARTS) is 1. The third kappa shape index (κ3) is 2.28. The quantitative estimate of drug-likeness (QED) is 0.725. The number of hydrogen-bond donors (Lipinski definition) is 1. The minimum Gasteiger partial charge on any atom is -0.481 e. The highest BCUT2D eigenvalue weighted by Gasteiger charge is 2.33. The Morgan fingerprint density at radius 3 is 2.25 bits per heavy atom. The highest BCUT2D eigenvalue weighted by molar-refractivity contribution is 5.77. The number of carbonyl (C=O) groups excluding carboxylic acids is 1. The second-order valence-corrected chi connectivity index (χ2v) is 4.60. The first-order valence-electron chi connectivity index (χ1n) is 5.95. The predicted molar refractivity (Wildman–Crippen MR) is 58.1 cm³/mol. The average Bonchev–Trinajstić information content (AvgIpc) is 2.78. The van der Waals surface area contributed by atoms with Gasteiger partial charge in [0.1, 0.15) is 0 Å². The van der Waals surface area contributed by atoms with Gasteiger partial charge in [0, 0.05) is 26.2 Å². The summed E-state index contributed by atoms with van der Waals surface area (Å²) < 4.78 is 0. The maximum atomic E-state index is 12.0. The SMILES string of the molecule is O=C(O)C1CCN(C(=O)N2CCCCC2)C1. The molecule has 2 saturated heterocycles. The van der Waals surface area contributed by atoms with E-state index in [1.807, 2.05) is 4.90 Å². The normalized spacial score (nSPS) is 25.9. The van der Waals surface area contributed by atoms with E-state index in [-0.39, 0.29) is 11.9 Å². The number of carboxylic acids is 1. The molecule has 5 nitrogen and oxygen atoms in total. The van der Waals surface area contributed by atoms with Gasteiger partial charge in [0.25, 0.3) is 0 Å². The van der Waals surface area contributed by atoms with Crippen molar-refractivity contribution in [3.63, 3.8) is 0 Å². The van der Waals surface area contributed by atoms with Crippen LogP contribution in [0, 0.1) is 5.92 Å². The molecular formula is C11H18N2O3. The van der Waals surface area contributed by atoms with Crippen molar-refractivity contribution in [3.05, 3.63) is 0 Å². The summed E-state index contributed by atoms with van der Waals surface area (Å²) in [4.78, 5) is 26.4. The molecule has 2 rings (SSSR count). The van der Waals surface area contributed by atoms with E-state index in [0.717, 1.165) is 25.9 Å². The first-order valence-corrected chi connectivity index (χ1v) is 5.95. The van der Waals surface area contributed by atoms with E-state index in [0.29, 0.717) is 19.5 Å². The molecule has 0 aromatic carbocycles. The first kappa shape index (κ1) is 11.2. The molecule has 16 heavy (non-hydrogen) atoms. The van der Waals surface area contributed by atoms with Gasteiger partial charge in [0.2, 0.25) is 0 Å². The minimum absolute atomic E-state index is 0.0310. The summed E-state index contributed by atoms with van der Waals surface area (Å²) in [7, 11) is 0. The molecule has 1 N–H and O–H groups in total. The summed E-state index contributed by atoms with van der Waals surface area (Å²) in [5, 5.41) is 8.87. The lowest BCUT2D eigenvalue weighted by atomic mass is 10.1. The zero-order chi connectivity index (χ0) is 11.5. The van der Waals surface area contributed by atoms with Crippen LogP contribution < -0.4 is 0 Å². The highest BCUT2D eigenvalue weighted by atomic mass is 16.4. The van der Waals surface area contributed by atoms with E-state index in [1.54, 1.807) is 4.90 Å². The van der Waals surface area contributed by atoms with Gasteiger partial charge < -0.3 is 14.9 Å². The van der Waals surface area contributed by atoms with Gasteiger partial charge in [0.05, 0.1) is 5.92 Å². The lowest BCUT2D eigenvalue weighted by Gasteiger charge is -2.30. The van der Waals surface area contributed by atoms with E-state index in [9.17, 15) is 9.59 Å². The third-order valence-corrected chi connectivity index (χ3v) is 3.43. The molecule has 2 aliphatic heterocycles. The fourth-order valence-corrected chi connectivity index (χ4v) is 2.42. The molecule has 0 radical (unpaired) electrons. The molecule has 2 fully saturated rings. The number of carbonyl (C=O) groups is 2. The van der Waals surface area contributed by atoms with Crippen molar-refractivity contribution in [2.24, 2.45) is 5.92 Å². The second kappa shape index (κ2) is 4.72. The van der Waals surface area contributed by atoms with E-state index in [4.69, 9.17) is 5.11 Å². The van der Waals surface area contributed by atoms with Crippen LogP contribution in [0.1, 0.15) is 25.7 Å². The van der Waals surface area contributed by atoms with Crippen LogP contribution in [0.15, 0.2) is 0 Å². The van der Waals surface area contributed by atoms with E-state index in [1.165, 1.54) is 6.42 Å². The lowest BCUT2D eigenvalue weighted by molar-refractivity contribution is -0.141. The molecule has 2 heterocycles. The number of aliphatic carboxylic acids is 1. The molecule has 0 spiro atoms. The molecule has 1 atom stereocenters. The Morgan fingerprint density at radius 1 is 1.00 bits per heavy atom. The summed E-state index contributed by atoms with van der Waals surface area (Å²) in [6, 6.07) is 0.0310. The number of likely N-dealkylation sites (tertiary alicyclic amines) is 2. The fourth-order valence-electron chi connectivity index (χ4n) is 2.42. The van der Waals surface area contributed by atoms with Crippen LogP contribution in [-0.2, 0) is 4.79 Å². The summed E-state index contributed by atoms with van der Waals surface area (Å²) in [5.41, 5.74) is 0. The number of nitrogens with zero attached hydrogens (tertiary/aromatic N) is 2. The van der Waals surface area contributed by atoms with E-state index < -0.39 is 5.97 Å². The average molecular weight is 226 g/mol. The Kier molecular flexibility index (Phi) is 3.31. The topological polar surface area (TPSA) is 60.9 Å². The number of hydrogen-bond acceptors (Lipinski definition) is 2. The smallest absolute Gasteiger partial charge is 0.320 e. The van der Waals surface area contributed by atoms with Crippen LogP contribution in [0.3, 0.4) is 0 Å². The van der Waals surface area contributed by atoms with Crippen LogP contribution in [-0.4, -0.2) is 53.1 Å². The van der Waals surface area contributed by atoms with Gasteiger partial charge in [-0.15, -0.1) is 0 Å². The number of urea groups is 1. The number of piperidine rings is 1. The molecule has 0 aromatic rings. The van der Waals surface area contributed by atoms with Gasteiger partial charge in [-0.1, -0.05) is 0 Å². The van der Waals surface area contributed by atoms with Gasteiger partial charge in [-0.25, -0.2) is 4.79 Å². The van der Waals surface area contributed by atoms with Crippen LogP contribution in [0.25, 0.3) is 0 Å². The maximum Gasteiger partial charge on any atom is 0.320 e. The summed E-state index contributed by atoms with van der Waals surface area (Å²) >= 11 is 0. The summed E-state index contributed by atoms with van der Waals surface area (Å²) in [5.74, 6) is -1.15. The Hall–Kier alpha value is -1.26. The summed E-state index contributed by atoms with van der Waals surface area (Å²) in [6.07, 6.45) is 3.93. The lowest BCUT2D eigenvalue weighted by Crippen LogP contribution is -2.44. The van der Waals surface area contributed by atoms with Crippen molar-refractivity contribution in [1.82, 2.24) is 9.80 Å². The fraction of sp³-hybridized carbons (Fsp3) is 0.818. The Bertz CT molecular complexity index is 287. The Morgan fingerprint density at radius 2 is 1.69 bits per heavy atom. The zero-order valence-electron chi connectivity index (χ0n) is 9.39. The van der Waals surface area contributed by atoms with Crippen molar-refractivity contribution in [2.75, 3.05) is 26.2 Å². The van der Waals surface area contributed by atoms with Crippen LogP contribution in [0.4, 0.5) is 4.79 Å². The molecule has 0 saturated carbocycles. The predicted octanol–water partition coefficient (Wildman–Crippen LogP) is 0.999. The molecule has 2 amide bonds. The van der Waals surface area contributed by atoms with Gasteiger partial charge in [0.15, 0.2) is 0 Å². The maximum absolute atomic E-state index is 12.0. The molecule has 5 heteroatoms. The number of rotatable bonds is 1. The molecule has 0 aliphatic carbocycles. The van der Waals surface area contributed by atoms with Gasteiger partial charge >= 0.3 is 12.0 Å². The highest BCUT2D eigenvalue weighted by Crippen LogP contribution is 2.19. The van der Waals surface area contributed by atoms with Crippen molar-refractivity contribution in [2.45, 2.75) is 25.7 Å². The Labute approximate surface area is 95.0 Å². The van der Waals surface area contributed by atoms with Gasteiger partial charge in [-0.3, -0.25) is 4.79 Å². The Balaban J connectivity index is 1.88. The van der Waals surface area contributed by atoms with Crippen molar-refractivity contribution in [1.29, 1.82) is 0 Å². The van der Waals surface area contributed by atoms with Crippen molar-refractivity contribution in [3.8, 4) is 0 Å². The minimum atomic E-state index is -0.783. The standard InChI is InChI=1S/C11H18N2O3/c14-10(15)9-4-7-13(8-9)11(16)12-5-2-1-3-6-12/h9H,1-8H2,(H,14,15). The van der Waals surface area contributed by atoms with Gasteiger partial charge in [-0.05, 0) is 25.7 Å². The second-order valence-electron chi connectivity index (χ2n) is 4.60. The number of amides is 2. The van der Waals surface area contributed by atoms with Crippen molar-refractivity contribution >= 4 is 12.0 Å². The van der Waals surface area contributed by atoms with Crippen LogP contribution in [0.5, 0.6) is 0 Å². The largest absolute Gasteiger partial charge is 0.481 e. The molecule has 1 unspecified atom stereocenters. The van der Waals surface area contributed by atoms with Gasteiger partial charge in [-0.2, -0.15) is 0 Å².